The fourth-order valence-corrected chi connectivity index (χ4v) is 1.88. The van der Waals surface area contributed by atoms with Crippen molar-refractivity contribution < 1.29 is 4.79 Å². The van der Waals surface area contributed by atoms with Crippen molar-refractivity contribution in [2.75, 3.05) is 6.54 Å². The molecule has 15 heavy (non-hydrogen) atoms. The number of hydrogen-bond donors (Lipinski definition) is 2. The third kappa shape index (κ3) is 4.35. The van der Waals surface area contributed by atoms with E-state index in [0.29, 0.717) is 6.54 Å². The van der Waals surface area contributed by atoms with Crippen LogP contribution in [-0.4, -0.2) is 22.4 Å². The largest absolute Gasteiger partial charge is 0.393 e. The Morgan fingerprint density at radius 3 is 3.07 bits per heavy atom. The van der Waals surface area contributed by atoms with Crippen molar-refractivity contribution in [3.05, 3.63) is 16.6 Å². The van der Waals surface area contributed by atoms with Crippen LogP contribution in [-0.2, 0) is 4.79 Å². The van der Waals surface area contributed by atoms with Gasteiger partial charge in [-0.25, -0.2) is 4.98 Å². The molecular weight excluding hydrogens is 230 g/mol. The lowest BCUT2D eigenvalue weighted by Crippen LogP contribution is -2.30. The van der Waals surface area contributed by atoms with Gasteiger partial charge in [0.05, 0.1) is 16.4 Å². The molecule has 1 heterocycles. The van der Waals surface area contributed by atoms with Gasteiger partial charge in [0, 0.05) is 24.0 Å². The molecule has 0 aliphatic heterocycles. The summed E-state index contributed by atoms with van der Waals surface area (Å²) in [4.78, 5) is 15.6. The lowest BCUT2D eigenvalue weighted by Gasteiger charge is -2.09. The van der Waals surface area contributed by atoms with Gasteiger partial charge in [0.25, 0.3) is 0 Å². The van der Waals surface area contributed by atoms with Gasteiger partial charge in [0.15, 0.2) is 0 Å². The molecule has 1 rings (SSSR count). The van der Waals surface area contributed by atoms with Crippen molar-refractivity contribution in [3.8, 4) is 0 Å². The topological polar surface area (TPSA) is 68.0 Å². The first kappa shape index (κ1) is 12.1. The molecule has 0 spiro atoms. The maximum absolute atomic E-state index is 11.2. The third-order valence-corrected chi connectivity index (χ3v) is 2.96. The molecule has 1 amide bonds. The van der Waals surface area contributed by atoms with Gasteiger partial charge < -0.3 is 11.1 Å². The van der Waals surface area contributed by atoms with Gasteiger partial charge in [0.2, 0.25) is 5.91 Å². The summed E-state index contributed by atoms with van der Waals surface area (Å²) < 4.78 is 0. The van der Waals surface area contributed by atoms with Crippen LogP contribution in [0, 0.1) is 0 Å². The normalized spacial score (nSPS) is 12.1. The molecule has 4 nitrogen and oxygen atoms in total. The minimum absolute atomic E-state index is 0.111. The Kier molecular flexibility index (Phi) is 4.64. The highest BCUT2D eigenvalue weighted by Gasteiger charge is 2.10. The number of thiocarbonyl (C=S) groups is 1. The Morgan fingerprint density at radius 1 is 1.80 bits per heavy atom. The highest BCUT2D eigenvalue weighted by molar-refractivity contribution is 7.80. The Balaban J connectivity index is 2.31. The van der Waals surface area contributed by atoms with E-state index in [9.17, 15) is 4.79 Å². The molecule has 0 bridgehead atoms. The molecule has 0 radical (unpaired) electrons. The van der Waals surface area contributed by atoms with E-state index >= 15 is 0 Å². The molecule has 1 unspecified atom stereocenters. The molecule has 0 saturated carbocycles. The molecule has 6 heteroatoms. The molecule has 3 N–H and O–H groups in total. The van der Waals surface area contributed by atoms with Crippen LogP contribution in [0.1, 0.15) is 24.3 Å². The number of carbonyl (C=O) groups is 1. The molecule has 0 saturated heterocycles. The van der Waals surface area contributed by atoms with Crippen molar-refractivity contribution in [2.24, 2.45) is 5.73 Å². The highest BCUT2D eigenvalue weighted by atomic mass is 32.1. The number of nitrogens with zero attached hydrogens (tertiary/aromatic N) is 1. The SMILES string of the molecule is CC(CNC(=O)CC(N)=S)c1nccs1. The summed E-state index contributed by atoms with van der Waals surface area (Å²) in [6.07, 6.45) is 1.87. The van der Waals surface area contributed by atoms with Crippen LogP contribution >= 0.6 is 23.6 Å². The zero-order chi connectivity index (χ0) is 11.3. The van der Waals surface area contributed by atoms with Gasteiger partial charge >= 0.3 is 0 Å². The van der Waals surface area contributed by atoms with E-state index in [2.05, 4.69) is 22.5 Å². The summed E-state index contributed by atoms with van der Waals surface area (Å²) in [7, 11) is 0. The number of carbonyl (C=O) groups excluding carboxylic acids is 1. The second-order valence-electron chi connectivity index (χ2n) is 3.22. The van der Waals surface area contributed by atoms with Crippen LogP contribution in [0.5, 0.6) is 0 Å². The van der Waals surface area contributed by atoms with E-state index in [1.54, 1.807) is 17.5 Å². The standard InChI is InChI=1S/C9H13N3OS2/c1-6(9-11-2-3-15-9)5-12-8(13)4-7(10)14/h2-3,6H,4-5H2,1H3,(H2,10,14)(H,12,13). The summed E-state index contributed by atoms with van der Waals surface area (Å²) in [6, 6.07) is 0. The Bertz CT molecular complexity index is 337. The molecule has 0 aliphatic carbocycles. The maximum Gasteiger partial charge on any atom is 0.226 e. The molecule has 82 valence electrons. The highest BCUT2D eigenvalue weighted by Crippen LogP contribution is 2.16. The third-order valence-electron chi connectivity index (χ3n) is 1.81. The van der Waals surface area contributed by atoms with Crippen LogP contribution in [0.25, 0.3) is 0 Å². The number of hydrogen-bond acceptors (Lipinski definition) is 4. The molecule has 1 aromatic heterocycles. The van der Waals surface area contributed by atoms with Crippen molar-refractivity contribution in [1.82, 2.24) is 10.3 Å². The zero-order valence-electron chi connectivity index (χ0n) is 8.40. The monoisotopic (exact) mass is 243 g/mol. The number of aromatic nitrogens is 1. The van der Waals surface area contributed by atoms with E-state index in [0.717, 1.165) is 5.01 Å². The molecule has 1 aromatic rings. The van der Waals surface area contributed by atoms with E-state index in [4.69, 9.17) is 5.73 Å². The molecule has 0 aliphatic rings. The molecule has 0 fully saturated rings. The summed E-state index contributed by atoms with van der Waals surface area (Å²) in [5, 5.41) is 5.70. The van der Waals surface area contributed by atoms with E-state index < -0.39 is 0 Å². The second kappa shape index (κ2) is 5.77. The van der Waals surface area contributed by atoms with E-state index in [1.807, 2.05) is 12.3 Å². The molecular formula is C9H13N3OS2. The molecule has 0 aromatic carbocycles. The predicted octanol–water partition coefficient (Wildman–Crippen LogP) is 1.04. The van der Waals surface area contributed by atoms with Gasteiger partial charge in [-0.1, -0.05) is 19.1 Å². The van der Waals surface area contributed by atoms with Crippen LogP contribution in [0.4, 0.5) is 0 Å². The fourth-order valence-electron chi connectivity index (χ4n) is 1.05. The van der Waals surface area contributed by atoms with Crippen LogP contribution in [0.3, 0.4) is 0 Å². The summed E-state index contributed by atoms with van der Waals surface area (Å²) in [6.45, 7) is 2.58. The Morgan fingerprint density at radius 2 is 2.53 bits per heavy atom. The van der Waals surface area contributed by atoms with Gasteiger partial charge in [0.1, 0.15) is 0 Å². The number of amides is 1. The minimum Gasteiger partial charge on any atom is -0.393 e. The Labute approximate surface area is 97.9 Å². The van der Waals surface area contributed by atoms with E-state index in [-0.39, 0.29) is 23.2 Å². The van der Waals surface area contributed by atoms with Crippen molar-refractivity contribution in [2.45, 2.75) is 19.3 Å². The minimum atomic E-state index is -0.133. The van der Waals surface area contributed by atoms with E-state index in [1.165, 1.54) is 0 Å². The molecule has 1 atom stereocenters. The quantitative estimate of drug-likeness (QED) is 0.758. The van der Waals surface area contributed by atoms with Crippen LogP contribution < -0.4 is 11.1 Å². The first-order valence-corrected chi connectivity index (χ1v) is 5.82. The average Bonchev–Trinajstić information content (AvgIpc) is 2.65. The number of nitrogens with two attached hydrogens (primary N) is 1. The average molecular weight is 243 g/mol. The fraction of sp³-hybridized carbons (Fsp3) is 0.444. The second-order valence-corrected chi connectivity index (χ2v) is 4.67. The van der Waals surface area contributed by atoms with Crippen LogP contribution in [0.15, 0.2) is 11.6 Å². The smallest absolute Gasteiger partial charge is 0.226 e. The zero-order valence-corrected chi connectivity index (χ0v) is 10.0. The van der Waals surface area contributed by atoms with Gasteiger partial charge in [-0.05, 0) is 0 Å². The number of rotatable bonds is 5. The number of nitrogens with one attached hydrogen (secondary N) is 1. The van der Waals surface area contributed by atoms with Gasteiger partial charge in [-0.15, -0.1) is 11.3 Å². The number of thiazole rings is 1. The van der Waals surface area contributed by atoms with Crippen molar-refractivity contribution in [1.29, 1.82) is 0 Å². The van der Waals surface area contributed by atoms with Crippen molar-refractivity contribution in [3.63, 3.8) is 0 Å². The van der Waals surface area contributed by atoms with Crippen molar-refractivity contribution >= 4 is 34.5 Å². The lowest BCUT2D eigenvalue weighted by atomic mass is 10.2. The lowest BCUT2D eigenvalue weighted by molar-refractivity contribution is -0.119. The predicted molar refractivity (Wildman–Crippen MR) is 64.9 cm³/mol. The first-order chi connectivity index (χ1) is 7.09. The van der Waals surface area contributed by atoms with Crippen LogP contribution in [0.2, 0.25) is 0 Å². The van der Waals surface area contributed by atoms with Gasteiger partial charge in [-0.2, -0.15) is 0 Å². The van der Waals surface area contributed by atoms with Gasteiger partial charge in [-0.3, -0.25) is 4.79 Å². The maximum atomic E-state index is 11.2. The first-order valence-electron chi connectivity index (χ1n) is 4.54. The summed E-state index contributed by atoms with van der Waals surface area (Å²) in [5.41, 5.74) is 5.25. The Hall–Kier alpha value is -1.01. The summed E-state index contributed by atoms with van der Waals surface area (Å²) >= 11 is 6.22. The summed E-state index contributed by atoms with van der Waals surface area (Å²) in [5.74, 6) is 0.0891.